The second-order valence-corrected chi connectivity index (χ2v) is 4.65. The van der Waals surface area contributed by atoms with Crippen LogP contribution in [0.25, 0.3) is 0 Å². The molecule has 0 saturated heterocycles. The van der Waals surface area contributed by atoms with Gasteiger partial charge in [0.25, 0.3) is 0 Å². The first-order valence-electron chi connectivity index (χ1n) is 7.29. The van der Waals surface area contributed by atoms with Crippen molar-refractivity contribution in [2.75, 3.05) is 37.2 Å². The number of hydrogen-bond donors (Lipinski definition) is 2. The topological polar surface area (TPSA) is 67.1 Å². The van der Waals surface area contributed by atoms with Gasteiger partial charge < -0.3 is 16.0 Å². The monoisotopic (exact) mass is 265 g/mol. The lowest BCUT2D eigenvalue weighted by Crippen LogP contribution is -2.25. The summed E-state index contributed by atoms with van der Waals surface area (Å²) >= 11 is 0. The second-order valence-electron chi connectivity index (χ2n) is 4.65. The van der Waals surface area contributed by atoms with Gasteiger partial charge in [-0.25, -0.2) is 9.97 Å². The van der Waals surface area contributed by atoms with Gasteiger partial charge in [-0.3, -0.25) is 0 Å². The molecule has 0 aliphatic carbocycles. The summed E-state index contributed by atoms with van der Waals surface area (Å²) in [5, 5.41) is 3.33. The Morgan fingerprint density at radius 2 is 1.95 bits per heavy atom. The highest BCUT2D eigenvalue weighted by Crippen LogP contribution is 2.09. The van der Waals surface area contributed by atoms with Crippen LogP contribution in [0, 0.1) is 0 Å². The summed E-state index contributed by atoms with van der Waals surface area (Å²) in [6.07, 6.45) is 3.01. The molecule has 1 aromatic heterocycles. The molecular formula is C14H27N5. The number of rotatable bonds is 9. The molecule has 0 aromatic carbocycles. The summed E-state index contributed by atoms with van der Waals surface area (Å²) in [6, 6.07) is 1.80. The zero-order chi connectivity index (χ0) is 14.1. The fourth-order valence-electron chi connectivity index (χ4n) is 2.00. The van der Waals surface area contributed by atoms with E-state index >= 15 is 0 Å². The first-order valence-corrected chi connectivity index (χ1v) is 7.29. The number of nitrogens with two attached hydrogens (primary N) is 1. The zero-order valence-electron chi connectivity index (χ0n) is 12.4. The minimum absolute atomic E-state index is 0.546. The SMILES string of the molecule is CCCc1nc(N)cc(NCCCN(CC)CC)n1. The average molecular weight is 265 g/mol. The molecule has 19 heavy (non-hydrogen) atoms. The van der Waals surface area contributed by atoms with E-state index in [-0.39, 0.29) is 0 Å². The van der Waals surface area contributed by atoms with Crippen molar-refractivity contribution in [2.45, 2.75) is 40.0 Å². The fourth-order valence-corrected chi connectivity index (χ4v) is 2.00. The predicted molar refractivity (Wildman–Crippen MR) is 81.3 cm³/mol. The van der Waals surface area contributed by atoms with E-state index < -0.39 is 0 Å². The third-order valence-corrected chi connectivity index (χ3v) is 3.12. The molecule has 0 amide bonds. The quantitative estimate of drug-likeness (QED) is 0.670. The van der Waals surface area contributed by atoms with Gasteiger partial charge in [0.2, 0.25) is 0 Å². The summed E-state index contributed by atoms with van der Waals surface area (Å²) in [5.74, 6) is 2.22. The lowest BCUT2D eigenvalue weighted by atomic mass is 10.3. The van der Waals surface area contributed by atoms with Gasteiger partial charge in [-0.1, -0.05) is 20.8 Å². The van der Waals surface area contributed by atoms with Crippen LogP contribution in [0.1, 0.15) is 39.4 Å². The molecule has 0 bridgehead atoms. The largest absolute Gasteiger partial charge is 0.384 e. The van der Waals surface area contributed by atoms with E-state index in [4.69, 9.17) is 5.73 Å². The van der Waals surface area contributed by atoms with Crippen molar-refractivity contribution in [3.8, 4) is 0 Å². The summed E-state index contributed by atoms with van der Waals surface area (Å²) in [4.78, 5) is 11.1. The number of nitrogens with zero attached hydrogens (tertiary/aromatic N) is 3. The fraction of sp³-hybridized carbons (Fsp3) is 0.714. The molecule has 5 heteroatoms. The first kappa shape index (κ1) is 15.7. The van der Waals surface area contributed by atoms with Crippen molar-refractivity contribution in [3.05, 3.63) is 11.9 Å². The molecule has 5 nitrogen and oxygen atoms in total. The Morgan fingerprint density at radius 3 is 2.58 bits per heavy atom. The van der Waals surface area contributed by atoms with Crippen LogP contribution in [-0.4, -0.2) is 41.0 Å². The number of aromatic nitrogens is 2. The Hall–Kier alpha value is -1.36. The molecule has 0 atom stereocenters. The van der Waals surface area contributed by atoms with Crippen molar-refractivity contribution in [1.29, 1.82) is 0 Å². The maximum absolute atomic E-state index is 5.79. The summed E-state index contributed by atoms with van der Waals surface area (Å²) in [6.45, 7) is 10.7. The van der Waals surface area contributed by atoms with Gasteiger partial charge in [0.15, 0.2) is 0 Å². The molecule has 0 spiro atoms. The van der Waals surface area contributed by atoms with Crippen LogP contribution in [0.2, 0.25) is 0 Å². The Morgan fingerprint density at radius 1 is 1.21 bits per heavy atom. The number of nitrogen functional groups attached to an aromatic ring is 1. The van der Waals surface area contributed by atoms with Crippen LogP contribution < -0.4 is 11.1 Å². The zero-order valence-corrected chi connectivity index (χ0v) is 12.4. The van der Waals surface area contributed by atoms with Crippen molar-refractivity contribution in [1.82, 2.24) is 14.9 Å². The first-order chi connectivity index (χ1) is 9.19. The van der Waals surface area contributed by atoms with E-state index in [1.807, 2.05) is 0 Å². The third-order valence-electron chi connectivity index (χ3n) is 3.12. The Bertz CT molecular complexity index is 363. The molecule has 0 fully saturated rings. The van der Waals surface area contributed by atoms with Crippen LogP contribution in [0.4, 0.5) is 11.6 Å². The third kappa shape index (κ3) is 5.87. The van der Waals surface area contributed by atoms with Crippen LogP contribution in [0.5, 0.6) is 0 Å². The van der Waals surface area contributed by atoms with Crippen molar-refractivity contribution < 1.29 is 0 Å². The predicted octanol–water partition coefficient (Wildman–Crippen LogP) is 2.16. The van der Waals surface area contributed by atoms with E-state index in [1.54, 1.807) is 6.07 Å². The molecule has 1 aromatic rings. The smallest absolute Gasteiger partial charge is 0.133 e. The van der Waals surface area contributed by atoms with Crippen LogP contribution in [0.3, 0.4) is 0 Å². The van der Waals surface area contributed by atoms with E-state index in [2.05, 4.69) is 41.0 Å². The molecule has 108 valence electrons. The minimum Gasteiger partial charge on any atom is -0.384 e. The summed E-state index contributed by atoms with van der Waals surface area (Å²) < 4.78 is 0. The minimum atomic E-state index is 0.546. The Balaban J connectivity index is 2.40. The van der Waals surface area contributed by atoms with E-state index in [1.165, 1.54) is 0 Å². The highest BCUT2D eigenvalue weighted by molar-refractivity contribution is 5.44. The molecule has 3 N–H and O–H groups in total. The molecule has 0 unspecified atom stereocenters. The average Bonchev–Trinajstić information content (AvgIpc) is 2.39. The van der Waals surface area contributed by atoms with Gasteiger partial charge in [0.05, 0.1) is 0 Å². The van der Waals surface area contributed by atoms with E-state index in [0.29, 0.717) is 5.82 Å². The van der Waals surface area contributed by atoms with Gasteiger partial charge in [-0.05, 0) is 32.5 Å². The van der Waals surface area contributed by atoms with Gasteiger partial charge in [-0.15, -0.1) is 0 Å². The second kappa shape index (κ2) is 8.69. The Labute approximate surface area is 116 Å². The van der Waals surface area contributed by atoms with Gasteiger partial charge >= 0.3 is 0 Å². The van der Waals surface area contributed by atoms with E-state index in [0.717, 1.165) is 57.1 Å². The Kier molecular flexibility index (Phi) is 7.18. The van der Waals surface area contributed by atoms with Crippen LogP contribution in [-0.2, 0) is 6.42 Å². The van der Waals surface area contributed by atoms with Crippen LogP contribution >= 0.6 is 0 Å². The van der Waals surface area contributed by atoms with Gasteiger partial charge in [0.1, 0.15) is 17.5 Å². The molecule has 1 heterocycles. The molecule has 0 saturated carbocycles. The number of nitrogens with one attached hydrogen (secondary N) is 1. The van der Waals surface area contributed by atoms with Crippen LogP contribution in [0.15, 0.2) is 6.07 Å². The highest BCUT2D eigenvalue weighted by Gasteiger charge is 2.02. The van der Waals surface area contributed by atoms with E-state index in [9.17, 15) is 0 Å². The normalized spacial score (nSPS) is 10.9. The molecule has 1 rings (SSSR count). The number of hydrogen-bond acceptors (Lipinski definition) is 5. The lowest BCUT2D eigenvalue weighted by molar-refractivity contribution is 0.303. The molecule has 0 aliphatic heterocycles. The van der Waals surface area contributed by atoms with Gasteiger partial charge in [-0.2, -0.15) is 0 Å². The number of aryl methyl sites for hydroxylation is 1. The maximum Gasteiger partial charge on any atom is 0.133 e. The number of anilines is 2. The summed E-state index contributed by atoms with van der Waals surface area (Å²) in [7, 11) is 0. The van der Waals surface area contributed by atoms with Crippen molar-refractivity contribution in [3.63, 3.8) is 0 Å². The maximum atomic E-state index is 5.79. The lowest BCUT2D eigenvalue weighted by Gasteiger charge is -2.17. The van der Waals surface area contributed by atoms with Crippen molar-refractivity contribution in [2.24, 2.45) is 0 Å². The molecular weight excluding hydrogens is 238 g/mol. The molecule has 0 radical (unpaired) electrons. The standard InChI is InChI=1S/C14H27N5/c1-4-8-13-17-12(15)11-14(18-13)16-9-7-10-19(5-2)6-3/h11H,4-10H2,1-3H3,(H3,15,16,17,18). The highest BCUT2D eigenvalue weighted by atomic mass is 15.1. The molecule has 0 aliphatic rings. The van der Waals surface area contributed by atoms with Gasteiger partial charge in [0, 0.05) is 19.0 Å². The summed E-state index contributed by atoms with van der Waals surface area (Å²) in [5.41, 5.74) is 5.79. The van der Waals surface area contributed by atoms with Crippen molar-refractivity contribution >= 4 is 11.6 Å².